The number of anilines is 2. The Kier molecular flexibility index (Phi) is 7.22. The predicted molar refractivity (Wildman–Crippen MR) is 132 cm³/mol. The van der Waals surface area contributed by atoms with Gasteiger partial charge in [0, 0.05) is 36.3 Å². The average Bonchev–Trinajstić information content (AvgIpc) is 3.24. The van der Waals surface area contributed by atoms with E-state index in [1.54, 1.807) is 35.9 Å². The van der Waals surface area contributed by atoms with Crippen molar-refractivity contribution in [2.24, 2.45) is 0 Å². The molecule has 5 rings (SSSR count). The molecular formula is C24H25ClN4O2S. The van der Waals surface area contributed by atoms with E-state index in [1.807, 2.05) is 6.07 Å². The maximum atomic E-state index is 9.71. The van der Waals surface area contributed by atoms with Crippen molar-refractivity contribution >= 4 is 45.5 Å². The number of phenols is 1. The van der Waals surface area contributed by atoms with Crippen LogP contribution >= 0.6 is 23.7 Å². The molecule has 3 heterocycles. The molecule has 0 spiro atoms. The first-order valence-electron chi connectivity index (χ1n) is 10.4. The fourth-order valence-electron chi connectivity index (χ4n) is 3.75. The Labute approximate surface area is 197 Å². The number of benzene rings is 2. The van der Waals surface area contributed by atoms with Gasteiger partial charge in [0.2, 0.25) is 0 Å². The Morgan fingerprint density at radius 3 is 2.62 bits per heavy atom. The maximum Gasteiger partial charge on any atom is 0.151 e. The van der Waals surface area contributed by atoms with Crippen molar-refractivity contribution in [3.8, 4) is 16.2 Å². The molecule has 0 atom stereocenters. The highest BCUT2D eigenvalue weighted by molar-refractivity contribution is 7.22. The monoisotopic (exact) mass is 468 g/mol. The number of nitrogens with zero attached hydrogens (tertiary/aromatic N) is 3. The summed E-state index contributed by atoms with van der Waals surface area (Å²) in [6.45, 7) is 4.82. The van der Waals surface area contributed by atoms with E-state index in [4.69, 9.17) is 4.74 Å². The van der Waals surface area contributed by atoms with Crippen LogP contribution in [-0.4, -0.2) is 52.8 Å². The lowest BCUT2D eigenvalue weighted by molar-refractivity contribution is 0.0384. The second kappa shape index (κ2) is 10.3. The second-order valence-corrected chi connectivity index (χ2v) is 8.68. The summed E-state index contributed by atoms with van der Waals surface area (Å²) in [4.78, 5) is 12.5. The van der Waals surface area contributed by atoms with Crippen LogP contribution in [0.5, 0.6) is 5.75 Å². The SMILES string of the molecule is Cl.Oc1cccc(Nc2ncnc3cc(-c4ccc(CCN5CCOCC5)cc4)sc23)c1. The molecule has 0 saturated carbocycles. The van der Waals surface area contributed by atoms with Crippen LogP contribution in [0.4, 0.5) is 11.5 Å². The van der Waals surface area contributed by atoms with Gasteiger partial charge in [-0.1, -0.05) is 30.3 Å². The molecule has 1 aliphatic heterocycles. The zero-order chi connectivity index (χ0) is 21.0. The normalized spacial score (nSPS) is 14.2. The number of hydrogen-bond acceptors (Lipinski definition) is 7. The van der Waals surface area contributed by atoms with Crippen LogP contribution in [0.15, 0.2) is 60.9 Å². The van der Waals surface area contributed by atoms with Crippen molar-refractivity contribution in [3.63, 3.8) is 0 Å². The van der Waals surface area contributed by atoms with Gasteiger partial charge in [0.1, 0.15) is 12.1 Å². The molecular weight excluding hydrogens is 444 g/mol. The third-order valence-electron chi connectivity index (χ3n) is 5.48. The first-order valence-corrected chi connectivity index (χ1v) is 11.3. The van der Waals surface area contributed by atoms with E-state index in [0.717, 1.165) is 65.9 Å². The number of rotatable bonds is 6. The molecule has 6 nitrogen and oxygen atoms in total. The zero-order valence-corrected chi connectivity index (χ0v) is 19.2. The largest absolute Gasteiger partial charge is 0.508 e. The molecule has 0 unspecified atom stereocenters. The van der Waals surface area contributed by atoms with Crippen LogP contribution in [0.25, 0.3) is 20.7 Å². The van der Waals surface area contributed by atoms with Crippen LogP contribution in [0.3, 0.4) is 0 Å². The van der Waals surface area contributed by atoms with Crippen LogP contribution in [0, 0.1) is 0 Å². The summed E-state index contributed by atoms with van der Waals surface area (Å²) in [5.41, 5.74) is 4.23. The average molecular weight is 469 g/mol. The molecule has 1 fully saturated rings. The fraction of sp³-hybridized carbons (Fsp3) is 0.250. The summed E-state index contributed by atoms with van der Waals surface area (Å²) < 4.78 is 6.42. The van der Waals surface area contributed by atoms with Crippen molar-refractivity contribution in [2.45, 2.75) is 6.42 Å². The van der Waals surface area contributed by atoms with Gasteiger partial charge in [0.05, 0.1) is 23.4 Å². The number of nitrogens with one attached hydrogen (secondary N) is 1. The molecule has 2 N–H and O–H groups in total. The number of phenolic OH excluding ortho intramolecular Hbond substituents is 1. The van der Waals surface area contributed by atoms with E-state index < -0.39 is 0 Å². The van der Waals surface area contributed by atoms with Gasteiger partial charge < -0.3 is 15.2 Å². The minimum Gasteiger partial charge on any atom is -0.508 e. The highest BCUT2D eigenvalue weighted by Gasteiger charge is 2.12. The molecule has 0 amide bonds. The molecule has 0 bridgehead atoms. The summed E-state index contributed by atoms with van der Waals surface area (Å²) in [5.74, 6) is 0.963. The number of aromatic hydroxyl groups is 1. The van der Waals surface area contributed by atoms with Crippen LogP contribution in [0.1, 0.15) is 5.56 Å². The minimum absolute atomic E-state index is 0. The van der Waals surface area contributed by atoms with E-state index in [-0.39, 0.29) is 18.2 Å². The van der Waals surface area contributed by atoms with Gasteiger partial charge in [0.15, 0.2) is 5.82 Å². The summed E-state index contributed by atoms with van der Waals surface area (Å²) in [6.07, 6.45) is 2.62. The molecule has 8 heteroatoms. The standard InChI is InChI=1S/C24H24N4O2S.ClH/c29-20-3-1-2-19(14-20)27-24-23-21(25-16-26-24)15-22(31-23)18-6-4-17(5-7-18)8-9-28-10-12-30-13-11-28;/h1-7,14-16,29H,8-13H2,(H,25,26,27);1H. The summed E-state index contributed by atoms with van der Waals surface area (Å²) in [6, 6.07) is 18.0. The van der Waals surface area contributed by atoms with Crippen LogP contribution < -0.4 is 5.32 Å². The van der Waals surface area contributed by atoms with Gasteiger partial charge in [-0.05, 0) is 35.7 Å². The predicted octanol–water partition coefficient (Wildman–Crippen LogP) is 5.10. The Balaban J connectivity index is 0.00000245. The minimum atomic E-state index is 0. The van der Waals surface area contributed by atoms with Crippen molar-refractivity contribution in [1.82, 2.24) is 14.9 Å². The highest BCUT2D eigenvalue weighted by Crippen LogP contribution is 2.36. The molecule has 2 aromatic carbocycles. The van der Waals surface area contributed by atoms with E-state index >= 15 is 0 Å². The van der Waals surface area contributed by atoms with E-state index in [9.17, 15) is 5.11 Å². The van der Waals surface area contributed by atoms with Gasteiger partial charge in [-0.2, -0.15) is 0 Å². The molecule has 0 aliphatic carbocycles. The number of halogens is 1. The Bertz CT molecular complexity index is 1180. The Hall–Kier alpha value is -2.71. The van der Waals surface area contributed by atoms with Crippen molar-refractivity contribution < 1.29 is 9.84 Å². The Morgan fingerprint density at radius 2 is 1.84 bits per heavy atom. The van der Waals surface area contributed by atoms with E-state index in [2.05, 4.69) is 50.5 Å². The third kappa shape index (κ3) is 5.19. The molecule has 32 heavy (non-hydrogen) atoms. The number of hydrogen-bond donors (Lipinski definition) is 2. The van der Waals surface area contributed by atoms with E-state index in [0.29, 0.717) is 0 Å². The zero-order valence-electron chi connectivity index (χ0n) is 17.5. The smallest absolute Gasteiger partial charge is 0.151 e. The first kappa shape index (κ1) is 22.5. The van der Waals surface area contributed by atoms with Gasteiger partial charge >= 0.3 is 0 Å². The van der Waals surface area contributed by atoms with Gasteiger partial charge in [-0.15, -0.1) is 23.7 Å². The highest BCUT2D eigenvalue weighted by atomic mass is 35.5. The third-order valence-corrected chi connectivity index (χ3v) is 6.66. The Morgan fingerprint density at radius 1 is 1.03 bits per heavy atom. The summed E-state index contributed by atoms with van der Waals surface area (Å²) in [5, 5.41) is 13.0. The van der Waals surface area contributed by atoms with Gasteiger partial charge in [-0.3, -0.25) is 4.90 Å². The molecule has 2 aromatic heterocycles. The number of morpholine rings is 1. The molecule has 166 valence electrons. The number of ether oxygens (including phenoxy) is 1. The van der Waals surface area contributed by atoms with Gasteiger partial charge in [0.25, 0.3) is 0 Å². The molecule has 4 aromatic rings. The quantitative estimate of drug-likeness (QED) is 0.410. The topological polar surface area (TPSA) is 70.5 Å². The van der Waals surface area contributed by atoms with Crippen molar-refractivity contribution in [3.05, 3.63) is 66.5 Å². The molecule has 1 aliphatic rings. The van der Waals surface area contributed by atoms with Crippen LogP contribution in [-0.2, 0) is 11.2 Å². The number of aromatic nitrogens is 2. The van der Waals surface area contributed by atoms with Crippen molar-refractivity contribution in [1.29, 1.82) is 0 Å². The summed E-state index contributed by atoms with van der Waals surface area (Å²) in [7, 11) is 0. The summed E-state index contributed by atoms with van der Waals surface area (Å²) >= 11 is 1.67. The van der Waals surface area contributed by atoms with Crippen molar-refractivity contribution in [2.75, 3.05) is 38.2 Å². The molecule has 0 radical (unpaired) electrons. The van der Waals surface area contributed by atoms with E-state index in [1.165, 1.54) is 11.1 Å². The van der Waals surface area contributed by atoms with Crippen LogP contribution in [0.2, 0.25) is 0 Å². The molecule has 1 saturated heterocycles. The van der Waals surface area contributed by atoms with Gasteiger partial charge in [-0.25, -0.2) is 9.97 Å². The number of fused-ring (bicyclic) bond motifs is 1. The number of thiophene rings is 1. The lowest BCUT2D eigenvalue weighted by atomic mass is 10.1. The maximum absolute atomic E-state index is 9.71. The first-order chi connectivity index (χ1) is 15.2. The lowest BCUT2D eigenvalue weighted by Gasteiger charge is -2.26. The second-order valence-electron chi connectivity index (χ2n) is 7.62. The fourth-order valence-corrected chi connectivity index (χ4v) is 4.81. The lowest BCUT2D eigenvalue weighted by Crippen LogP contribution is -2.37.